The molecular formula is C25H34N2O6S. The molecule has 0 atom stereocenters. The Bertz CT molecular complexity index is 1090. The minimum Gasteiger partial charge on any atom is -0.489 e. The van der Waals surface area contributed by atoms with Gasteiger partial charge in [-0.2, -0.15) is 4.31 Å². The van der Waals surface area contributed by atoms with Crippen LogP contribution in [0.2, 0.25) is 0 Å². The summed E-state index contributed by atoms with van der Waals surface area (Å²) in [6, 6.07) is 12.1. The summed E-state index contributed by atoms with van der Waals surface area (Å²) in [4.78, 5) is 12.7. The summed E-state index contributed by atoms with van der Waals surface area (Å²) in [7, 11) is -3.72. The van der Waals surface area contributed by atoms with Gasteiger partial charge in [-0.1, -0.05) is 32.9 Å². The van der Waals surface area contributed by atoms with Crippen LogP contribution in [0.3, 0.4) is 0 Å². The van der Waals surface area contributed by atoms with Crippen molar-refractivity contribution in [2.24, 2.45) is 0 Å². The Morgan fingerprint density at radius 1 is 1.09 bits per heavy atom. The van der Waals surface area contributed by atoms with Crippen LogP contribution in [0.15, 0.2) is 47.4 Å². The molecule has 1 saturated heterocycles. The van der Waals surface area contributed by atoms with E-state index in [4.69, 9.17) is 14.2 Å². The molecule has 0 aliphatic carbocycles. The van der Waals surface area contributed by atoms with E-state index in [0.29, 0.717) is 24.7 Å². The molecule has 186 valence electrons. The molecule has 2 aromatic carbocycles. The topological polar surface area (TPSA) is 94.2 Å². The zero-order valence-electron chi connectivity index (χ0n) is 20.5. The molecule has 1 aliphatic heterocycles. The number of amides is 1. The van der Waals surface area contributed by atoms with E-state index in [1.165, 1.54) is 16.4 Å². The SMILES string of the molecule is CC(C)Oc1ccc(S(=O)(=O)N2CCOCC2)cc1NC(=O)COc1ccc(C(C)(C)C)cc1. The smallest absolute Gasteiger partial charge is 0.262 e. The summed E-state index contributed by atoms with van der Waals surface area (Å²) in [5.41, 5.74) is 1.47. The van der Waals surface area contributed by atoms with Crippen molar-refractivity contribution in [3.05, 3.63) is 48.0 Å². The molecule has 0 unspecified atom stereocenters. The van der Waals surface area contributed by atoms with E-state index >= 15 is 0 Å². The molecule has 1 N–H and O–H groups in total. The number of morpholine rings is 1. The maximum atomic E-state index is 13.1. The molecule has 0 aromatic heterocycles. The second kappa shape index (κ2) is 10.8. The van der Waals surface area contributed by atoms with E-state index in [9.17, 15) is 13.2 Å². The number of nitrogens with zero attached hydrogens (tertiary/aromatic N) is 1. The largest absolute Gasteiger partial charge is 0.489 e. The Labute approximate surface area is 202 Å². The first-order chi connectivity index (χ1) is 16.0. The number of carbonyl (C=O) groups excluding carboxylic acids is 1. The highest BCUT2D eigenvalue weighted by molar-refractivity contribution is 7.89. The second-order valence-corrected chi connectivity index (χ2v) is 11.4. The van der Waals surface area contributed by atoms with Gasteiger partial charge in [-0.05, 0) is 55.2 Å². The normalized spacial score (nSPS) is 15.2. The molecule has 1 fully saturated rings. The first kappa shape index (κ1) is 26.0. The Balaban J connectivity index is 1.74. The van der Waals surface area contributed by atoms with Crippen LogP contribution in [-0.2, 0) is 25.0 Å². The Morgan fingerprint density at radius 2 is 1.74 bits per heavy atom. The number of benzene rings is 2. The van der Waals surface area contributed by atoms with Crippen LogP contribution in [0.5, 0.6) is 11.5 Å². The summed E-state index contributed by atoms with van der Waals surface area (Å²) < 4.78 is 44.2. The van der Waals surface area contributed by atoms with Gasteiger partial charge >= 0.3 is 0 Å². The average Bonchev–Trinajstić information content (AvgIpc) is 2.78. The summed E-state index contributed by atoms with van der Waals surface area (Å²) in [5, 5.41) is 2.74. The summed E-state index contributed by atoms with van der Waals surface area (Å²) in [6.07, 6.45) is -0.157. The first-order valence-corrected chi connectivity index (χ1v) is 12.8. The zero-order chi connectivity index (χ0) is 24.9. The highest BCUT2D eigenvalue weighted by Crippen LogP contribution is 2.30. The van der Waals surface area contributed by atoms with Crippen LogP contribution < -0.4 is 14.8 Å². The molecule has 3 rings (SSSR count). The lowest BCUT2D eigenvalue weighted by Gasteiger charge is -2.26. The standard InChI is InChI=1S/C25H34N2O6S/c1-18(2)33-23-11-10-21(34(29,30)27-12-14-31-15-13-27)16-22(23)26-24(28)17-32-20-8-6-19(7-9-20)25(3,4)5/h6-11,16,18H,12-15,17H2,1-5H3,(H,26,28). The van der Waals surface area contributed by atoms with Crippen LogP contribution in [-0.4, -0.2) is 57.6 Å². The molecular weight excluding hydrogens is 456 g/mol. The minimum atomic E-state index is -3.72. The lowest BCUT2D eigenvalue weighted by molar-refractivity contribution is -0.118. The zero-order valence-corrected chi connectivity index (χ0v) is 21.3. The highest BCUT2D eigenvalue weighted by Gasteiger charge is 2.27. The number of carbonyl (C=O) groups is 1. The van der Waals surface area contributed by atoms with Crippen molar-refractivity contribution in [3.8, 4) is 11.5 Å². The van der Waals surface area contributed by atoms with Crippen molar-refractivity contribution in [1.82, 2.24) is 4.31 Å². The number of hydrogen-bond donors (Lipinski definition) is 1. The lowest BCUT2D eigenvalue weighted by atomic mass is 9.87. The number of nitrogens with one attached hydrogen (secondary N) is 1. The molecule has 8 nitrogen and oxygen atoms in total. The number of rotatable bonds is 8. The fourth-order valence-electron chi connectivity index (χ4n) is 3.45. The van der Waals surface area contributed by atoms with Crippen molar-refractivity contribution < 1.29 is 27.4 Å². The van der Waals surface area contributed by atoms with E-state index in [1.54, 1.807) is 6.07 Å². The number of hydrogen-bond acceptors (Lipinski definition) is 6. The molecule has 1 heterocycles. The van der Waals surface area contributed by atoms with Gasteiger partial charge in [0.25, 0.3) is 5.91 Å². The van der Waals surface area contributed by atoms with Gasteiger partial charge in [-0.15, -0.1) is 0 Å². The predicted molar refractivity (Wildman–Crippen MR) is 131 cm³/mol. The summed E-state index contributed by atoms with van der Waals surface area (Å²) in [6.45, 7) is 11.1. The monoisotopic (exact) mass is 490 g/mol. The van der Waals surface area contributed by atoms with Gasteiger partial charge in [-0.25, -0.2) is 8.42 Å². The van der Waals surface area contributed by atoms with Crippen LogP contribution >= 0.6 is 0 Å². The van der Waals surface area contributed by atoms with Gasteiger partial charge in [-0.3, -0.25) is 4.79 Å². The predicted octanol–water partition coefficient (Wildman–Crippen LogP) is 3.81. The van der Waals surface area contributed by atoms with Crippen molar-refractivity contribution >= 4 is 21.6 Å². The minimum absolute atomic E-state index is 0.0231. The van der Waals surface area contributed by atoms with E-state index in [2.05, 4.69) is 26.1 Å². The number of sulfonamides is 1. The highest BCUT2D eigenvalue weighted by atomic mass is 32.2. The van der Waals surface area contributed by atoms with E-state index in [0.717, 1.165) is 5.56 Å². The van der Waals surface area contributed by atoms with Gasteiger partial charge in [0.05, 0.1) is 29.9 Å². The van der Waals surface area contributed by atoms with Crippen LogP contribution in [0, 0.1) is 0 Å². The Kier molecular flexibility index (Phi) is 8.22. The molecule has 0 radical (unpaired) electrons. The molecule has 1 aliphatic rings. The first-order valence-electron chi connectivity index (χ1n) is 11.4. The van der Waals surface area contributed by atoms with Gasteiger partial charge in [0.2, 0.25) is 10.0 Å². The lowest BCUT2D eigenvalue weighted by Crippen LogP contribution is -2.40. The fraction of sp³-hybridized carbons (Fsp3) is 0.480. The second-order valence-electron chi connectivity index (χ2n) is 9.45. The molecule has 1 amide bonds. The van der Waals surface area contributed by atoms with Crippen molar-refractivity contribution in [2.75, 3.05) is 38.2 Å². The molecule has 2 aromatic rings. The maximum Gasteiger partial charge on any atom is 0.262 e. The summed E-state index contributed by atoms with van der Waals surface area (Å²) >= 11 is 0. The fourth-order valence-corrected chi connectivity index (χ4v) is 4.88. The van der Waals surface area contributed by atoms with Gasteiger partial charge in [0.1, 0.15) is 11.5 Å². The van der Waals surface area contributed by atoms with Crippen molar-refractivity contribution in [3.63, 3.8) is 0 Å². The van der Waals surface area contributed by atoms with Crippen molar-refractivity contribution in [2.45, 2.75) is 51.0 Å². The molecule has 9 heteroatoms. The quantitative estimate of drug-likeness (QED) is 0.605. The van der Waals surface area contributed by atoms with Gasteiger partial charge in [0, 0.05) is 13.1 Å². The number of anilines is 1. The van der Waals surface area contributed by atoms with Gasteiger partial charge < -0.3 is 19.5 Å². The third-order valence-electron chi connectivity index (χ3n) is 5.29. The third kappa shape index (κ3) is 6.71. The van der Waals surface area contributed by atoms with E-state index < -0.39 is 15.9 Å². The van der Waals surface area contributed by atoms with E-state index in [1.807, 2.05) is 38.1 Å². The average molecular weight is 491 g/mol. The Hall–Kier alpha value is -2.62. The third-order valence-corrected chi connectivity index (χ3v) is 7.18. The van der Waals surface area contributed by atoms with Crippen molar-refractivity contribution in [1.29, 1.82) is 0 Å². The van der Waals surface area contributed by atoms with E-state index in [-0.39, 0.29) is 41.8 Å². The van der Waals surface area contributed by atoms with Gasteiger partial charge in [0.15, 0.2) is 6.61 Å². The van der Waals surface area contributed by atoms with Crippen LogP contribution in [0.1, 0.15) is 40.2 Å². The maximum absolute atomic E-state index is 13.1. The molecule has 0 bridgehead atoms. The summed E-state index contributed by atoms with van der Waals surface area (Å²) in [5.74, 6) is 0.540. The molecule has 0 saturated carbocycles. The number of ether oxygens (including phenoxy) is 3. The van der Waals surface area contributed by atoms with Crippen LogP contribution in [0.4, 0.5) is 5.69 Å². The van der Waals surface area contributed by atoms with Crippen LogP contribution in [0.25, 0.3) is 0 Å². The Morgan fingerprint density at radius 3 is 2.32 bits per heavy atom. The molecule has 0 spiro atoms. The molecule has 34 heavy (non-hydrogen) atoms.